The molecule has 0 radical (unpaired) electrons. The molecule has 0 saturated heterocycles. The van der Waals surface area contributed by atoms with Crippen LogP contribution >= 0.6 is 11.6 Å². The van der Waals surface area contributed by atoms with Gasteiger partial charge in [-0.1, -0.05) is 31.5 Å². The molecule has 4 nitrogen and oxygen atoms in total. The third-order valence-electron chi connectivity index (χ3n) is 9.50. The van der Waals surface area contributed by atoms with Gasteiger partial charge in [-0.2, -0.15) is 0 Å². The van der Waals surface area contributed by atoms with Crippen LogP contribution in [-0.4, -0.2) is 23.1 Å². The molecule has 3 fully saturated rings. The maximum absolute atomic E-state index is 12.8. The van der Waals surface area contributed by atoms with E-state index in [4.69, 9.17) is 16.3 Å². The second-order valence-corrected chi connectivity index (χ2v) is 10.9. The summed E-state index contributed by atoms with van der Waals surface area (Å²) in [7, 11) is 0. The summed E-state index contributed by atoms with van der Waals surface area (Å²) in [5.74, 6) is 1.27. The summed E-state index contributed by atoms with van der Waals surface area (Å²) >= 11 is 6.79. The summed E-state index contributed by atoms with van der Waals surface area (Å²) in [5, 5.41) is 0.713. The molecule has 0 aromatic carbocycles. The van der Waals surface area contributed by atoms with Crippen molar-refractivity contribution in [1.29, 1.82) is 0 Å². The van der Waals surface area contributed by atoms with Crippen LogP contribution in [0.25, 0.3) is 0 Å². The van der Waals surface area contributed by atoms with Crippen molar-refractivity contribution in [2.24, 2.45) is 40.4 Å². The smallest absolute Gasteiger partial charge is 0.303 e. The van der Waals surface area contributed by atoms with Crippen LogP contribution in [0.2, 0.25) is 0 Å². The first-order valence-corrected chi connectivity index (χ1v) is 11.3. The fourth-order valence-electron chi connectivity index (χ4n) is 8.03. The zero-order chi connectivity index (χ0) is 20.9. The van der Waals surface area contributed by atoms with E-state index < -0.39 is 5.60 Å². The molecule has 29 heavy (non-hydrogen) atoms. The van der Waals surface area contributed by atoms with Crippen molar-refractivity contribution < 1.29 is 19.1 Å². The molecule has 0 aliphatic heterocycles. The highest BCUT2D eigenvalue weighted by Crippen LogP contribution is 2.72. The number of ether oxygens (including phenoxy) is 1. The second kappa shape index (κ2) is 5.84. The van der Waals surface area contributed by atoms with E-state index >= 15 is 0 Å². The molecule has 156 valence electrons. The van der Waals surface area contributed by atoms with Gasteiger partial charge in [-0.25, -0.2) is 0 Å². The van der Waals surface area contributed by atoms with Gasteiger partial charge in [0, 0.05) is 28.7 Å². The number of hydrogen-bond donors (Lipinski definition) is 0. The normalized spacial score (nSPS) is 49.7. The Balaban J connectivity index is 1.60. The van der Waals surface area contributed by atoms with Crippen molar-refractivity contribution in [3.63, 3.8) is 0 Å². The lowest BCUT2D eigenvalue weighted by Crippen LogP contribution is -2.58. The second-order valence-electron chi connectivity index (χ2n) is 10.5. The number of halogens is 1. The van der Waals surface area contributed by atoms with Gasteiger partial charge in [0.05, 0.1) is 0 Å². The highest BCUT2D eigenvalue weighted by molar-refractivity contribution is 6.32. The van der Waals surface area contributed by atoms with Gasteiger partial charge in [-0.15, -0.1) is 0 Å². The lowest BCUT2D eigenvalue weighted by Gasteiger charge is -2.57. The van der Waals surface area contributed by atoms with Crippen LogP contribution in [0, 0.1) is 40.4 Å². The Labute approximate surface area is 177 Å². The Morgan fingerprint density at radius 2 is 1.79 bits per heavy atom. The molecule has 5 heteroatoms. The highest BCUT2D eigenvalue weighted by atomic mass is 35.5. The molecule has 5 aliphatic rings. The SMILES string of the molecule is CC(=O)O[C@]1(C(C)=O)CC[C@H]2[C@@H]3C=C(Cl)C4=CC(=O)[C@H]5C[C@@H]5[C@]4(C)[C@H]3CC[C@@]21C. The van der Waals surface area contributed by atoms with Gasteiger partial charge in [0.15, 0.2) is 17.2 Å². The molecule has 0 N–H and O–H groups in total. The van der Waals surface area contributed by atoms with Crippen LogP contribution in [0.15, 0.2) is 22.8 Å². The average Bonchev–Trinajstić information content (AvgIpc) is 3.39. The lowest BCUT2D eigenvalue weighted by molar-refractivity contribution is -0.185. The van der Waals surface area contributed by atoms with Gasteiger partial charge in [-0.05, 0) is 74.3 Å². The molecule has 5 aliphatic carbocycles. The fraction of sp³-hybridized carbons (Fsp3) is 0.708. The van der Waals surface area contributed by atoms with Gasteiger partial charge in [0.25, 0.3) is 0 Å². The first-order valence-electron chi connectivity index (χ1n) is 10.9. The Kier molecular flexibility index (Phi) is 3.93. The number of carbonyl (C=O) groups is 3. The topological polar surface area (TPSA) is 60.4 Å². The number of Topliss-reactive ketones (excluding diaryl/α,β-unsaturated/α-hetero) is 1. The molecular weight excluding hydrogens is 388 g/mol. The number of esters is 1. The molecular formula is C24H29ClO4. The van der Waals surface area contributed by atoms with E-state index in [2.05, 4.69) is 19.9 Å². The molecule has 0 unspecified atom stereocenters. The third kappa shape index (κ3) is 2.24. The van der Waals surface area contributed by atoms with Crippen molar-refractivity contribution in [1.82, 2.24) is 0 Å². The minimum absolute atomic E-state index is 0.0423. The van der Waals surface area contributed by atoms with Gasteiger partial charge in [-0.3, -0.25) is 14.4 Å². The predicted octanol–water partition coefficient (Wildman–Crippen LogP) is 4.61. The monoisotopic (exact) mass is 416 g/mol. The molecule has 0 amide bonds. The average molecular weight is 417 g/mol. The molecule has 0 heterocycles. The summed E-state index contributed by atoms with van der Waals surface area (Å²) in [6, 6.07) is 0. The zero-order valence-corrected chi connectivity index (χ0v) is 18.3. The van der Waals surface area contributed by atoms with Crippen molar-refractivity contribution >= 4 is 29.1 Å². The number of carbonyl (C=O) groups excluding carboxylic acids is 3. The summed E-state index contributed by atoms with van der Waals surface area (Å²) < 4.78 is 5.82. The van der Waals surface area contributed by atoms with E-state index in [0.29, 0.717) is 23.3 Å². The van der Waals surface area contributed by atoms with Crippen molar-refractivity contribution in [2.75, 3.05) is 0 Å². The number of rotatable bonds is 2. The molecule has 3 saturated carbocycles. The first-order chi connectivity index (χ1) is 13.6. The Morgan fingerprint density at radius 3 is 2.45 bits per heavy atom. The van der Waals surface area contributed by atoms with Crippen LogP contribution < -0.4 is 0 Å². The minimum Gasteiger partial charge on any atom is -0.451 e. The molecule has 5 rings (SSSR count). The summed E-state index contributed by atoms with van der Waals surface area (Å²) in [5.41, 5.74) is -0.455. The van der Waals surface area contributed by atoms with E-state index in [1.807, 2.05) is 6.08 Å². The Hall–Kier alpha value is -1.42. The first kappa shape index (κ1) is 19.5. The van der Waals surface area contributed by atoms with E-state index in [1.165, 1.54) is 6.92 Å². The fourth-order valence-corrected chi connectivity index (χ4v) is 8.43. The van der Waals surface area contributed by atoms with Crippen LogP contribution in [0.4, 0.5) is 0 Å². The number of hydrogen-bond acceptors (Lipinski definition) is 4. The van der Waals surface area contributed by atoms with E-state index in [0.717, 1.165) is 31.3 Å². The van der Waals surface area contributed by atoms with E-state index in [-0.39, 0.29) is 46.1 Å². The molecule has 0 bridgehead atoms. The number of ketones is 2. The highest BCUT2D eigenvalue weighted by Gasteiger charge is 2.70. The van der Waals surface area contributed by atoms with Crippen LogP contribution in [0.3, 0.4) is 0 Å². The molecule has 0 aromatic heterocycles. The summed E-state index contributed by atoms with van der Waals surface area (Å²) in [4.78, 5) is 37.1. The minimum atomic E-state index is -1.03. The standard InChI is InChI=1S/C24H29ClO4/c1-12(26)24(29-13(2)27)8-6-16-14-10-20(25)19-11-21(28)15-9-18(15)23(19,4)17(14)5-7-22(16,24)3/h10-11,14-18H,5-9H2,1-4H3/t14-,15-,16-,17-,18-,22-,23-,24-/m0/s1. The van der Waals surface area contributed by atoms with Gasteiger partial charge in [0.1, 0.15) is 0 Å². The molecule has 0 spiro atoms. The van der Waals surface area contributed by atoms with E-state index in [9.17, 15) is 14.4 Å². The molecule has 0 aromatic rings. The summed E-state index contributed by atoms with van der Waals surface area (Å²) in [6.07, 6.45) is 8.18. The Bertz CT molecular complexity index is 903. The van der Waals surface area contributed by atoms with Gasteiger partial charge >= 0.3 is 5.97 Å². The zero-order valence-electron chi connectivity index (χ0n) is 17.6. The van der Waals surface area contributed by atoms with Crippen LogP contribution in [0.1, 0.15) is 59.8 Å². The maximum atomic E-state index is 12.8. The van der Waals surface area contributed by atoms with Crippen molar-refractivity contribution in [3.8, 4) is 0 Å². The van der Waals surface area contributed by atoms with E-state index in [1.54, 1.807) is 6.92 Å². The quantitative estimate of drug-likeness (QED) is 0.617. The summed E-state index contributed by atoms with van der Waals surface area (Å²) in [6.45, 7) is 7.42. The lowest BCUT2D eigenvalue weighted by atomic mass is 9.47. The predicted molar refractivity (Wildman–Crippen MR) is 109 cm³/mol. The third-order valence-corrected chi connectivity index (χ3v) is 9.83. The van der Waals surface area contributed by atoms with Crippen LogP contribution in [-0.2, 0) is 19.1 Å². The maximum Gasteiger partial charge on any atom is 0.303 e. The largest absolute Gasteiger partial charge is 0.451 e. The van der Waals surface area contributed by atoms with Crippen molar-refractivity contribution in [2.45, 2.75) is 65.4 Å². The number of allylic oxidation sites excluding steroid dienone is 4. The Morgan fingerprint density at radius 1 is 1.10 bits per heavy atom. The van der Waals surface area contributed by atoms with Gasteiger partial charge < -0.3 is 4.74 Å². The van der Waals surface area contributed by atoms with Gasteiger partial charge in [0.2, 0.25) is 0 Å². The van der Waals surface area contributed by atoms with Crippen LogP contribution in [0.5, 0.6) is 0 Å². The van der Waals surface area contributed by atoms with Crippen molar-refractivity contribution in [3.05, 3.63) is 22.8 Å². The molecule has 8 atom stereocenters. The number of fused-ring (bicyclic) bond motifs is 7.